The fraction of sp³-hybridized carbons (Fsp3) is 0.250. The van der Waals surface area contributed by atoms with Crippen LogP contribution in [0.5, 0.6) is 17.6 Å². The maximum absolute atomic E-state index is 11.6. The first-order chi connectivity index (χ1) is 8.63. The van der Waals surface area contributed by atoms with Gasteiger partial charge in [0.05, 0.1) is 38.0 Å². The molecule has 0 spiro atoms. The lowest BCUT2D eigenvalue weighted by Gasteiger charge is -2.12. The molecule has 0 atom stereocenters. The Morgan fingerprint density at radius 1 is 1.22 bits per heavy atom. The summed E-state index contributed by atoms with van der Waals surface area (Å²) in [6.45, 7) is 0. The van der Waals surface area contributed by atoms with E-state index in [1.165, 1.54) is 21.3 Å². The lowest BCUT2D eigenvalue weighted by molar-refractivity contribution is 0.0601. The number of methoxy groups -OCH3 is 3. The fourth-order valence-electron chi connectivity index (χ4n) is 1.81. The lowest BCUT2D eigenvalue weighted by Crippen LogP contribution is -2.02. The van der Waals surface area contributed by atoms with Gasteiger partial charge in [0, 0.05) is 0 Å². The number of hydrogen-bond donors (Lipinski definition) is 1. The summed E-state index contributed by atoms with van der Waals surface area (Å²) in [6, 6.07) is 3.18. The number of carbonyl (C=O) groups is 1. The van der Waals surface area contributed by atoms with Crippen molar-refractivity contribution in [2.24, 2.45) is 0 Å². The molecule has 2 rings (SSSR count). The molecular weight excluding hydrogens is 240 g/mol. The normalized spacial score (nSPS) is 10.4. The Morgan fingerprint density at radius 3 is 2.50 bits per heavy atom. The zero-order valence-corrected chi connectivity index (χ0v) is 10.1. The molecule has 6 heteroatoms. The Labute approximate surface area is 103 Å². The SMILES string of the molecule is COC(=O)c1ccc2c(OC)oc(O)c(OC)c1-2. The summed E-state index contributed by atoms with van der Waals surface area (Å²) in [5.74, 6) is -0.830. The smallest absolute Gasteiger partial charge is 0.338 e. The molecule has 0 fully saturated rings. The minimum atomic E-state index is -0.532. The van der Waals surface area contributed by atoms with Crippen LogP contribution in [0, 0.1) is 0 Å². The zero-order chi connectivity index (χ0) is 13.3. The molecule has 0 aromatic carbocycles. The van der Waals surface area contributed by atoms with E-state index >= 15 is 0 Å². The maximum Gasteiger partial charge on any atom is 0.338 e. The minimum Gasteiger partial charge on any atom is -0.490 e. The maximum atomic E-state index is 11.6. The van der Waals surface area contributed by atoms with Gasteiger partial charge in [-0.15, -0.1) is 0 Å². The molecular formula is C12H12O6. The van der Waals surface area contributed by atoms with E-state index in [4.69, 9.17) is 13.9 Å². The van der Waals surface area contributed by atoms with E-state index in [9.17, 15) is 9.90 Å². The van der Waals surface area contributed by atoms with Crippen LogP contribution in [-0.2, 0) is 4.74 Å². The number of rotatable bonds is 3. The van der Waals surface area contributed by atoms with Crippen LogP contribution >= 0.6 is 0 Å². The van der Waals surface area contributed by atoms with Crippen LogP contribution in [-0.4, -0.2) is 32.4 Å². The van der Waals surface area contributed by atoms with Crippen molar-refractivity contribution in [3.63, 3.8) is 0 Å². The molecule has 0 aromatic rings. The van der Waals surface area contributed by atoms with Crippen molar-refractivity contribution in [1.29, 1.82) is 0 Å². The van der Waals surface area contributed by atoms with Crippen molar-refractivity contribution in [2.75, 3.05) is 21.3 Å². The molecule has 96 valence electrons. The summed E-state index contributed by atoms with van der Waals surface area (Å²) in [5, 5.41) is 9.69. The Kier molecular flexibility index (Phi) is 3.01. The van der Waals surface area contributed by atoms with Gasteiger partial charge in [-0.3, -0.25) is 0 Å². The second-order valence-corrected chi connectivity index (χ2v) is 3.46. The fourth-order valence-corrected chi connectivity index (χ4v) is 1.81. The van der Waals surface area contributed by atoms with Gasteiger partial charge in [-0.05, 0) is 12.1 Å². The summed E-state index contributed by atoms with van der Waals surface area (Å²) < 4.78 is 19.8. The quantitative estimate of drug-likeness (QED) is 0.840. The number of esters is 1. The van der Waals surface area contributed by atoms with Gasteiger partial charge in [0.2, 0.25) is 5.75 Å². The Hall–Kier alpha value is -2.37. The highest BCUT2D eigenvalue weighted by atomic mass is 16.6. The van der Waals surface area contributed by atoms with E-state index in [2.05, 4.69) is 4.74 Å². The van der Waals surface area contributed by atoms with E-state index < -0.39 is 11.9 Å². The molecule has 1 aliphatic heterocycles. The molecule has 1 aliphatic carbocycles. The predicted octanol–water partition coefficient (Wildman–Crippen LogP) is 1.89. The third-order valence-electron chi connectivity index (χ3n) is 2.58. The summed E-state index contributed by atoms with van der Waals surface area (Å²) >= 11 is 0. The molecule has 0 amide bonds. The van der Waals surface area contributed by atoms with Gasteiger partial charge in [0.25, 0.3) is 5.95 Å². The van der Waals surface area contributed by atoms with E-state index in [-0.39, 0.29) is 17.3 Å². The van der Waals surface area contributed by atoms with Gasteiger partial charge in [0.1, 0.15) is 0 Å². The van der Waals surface area contributed by atoms with E-state index in [1.54, 1.807) is 12.1 Å². The van der Waals surface area contributed by atoms with Crippen molar-refractivity contribution < 1.29 is 28.5 Å². The van der Waals surface area contributed by atoms with Crippen molar-refractivity contribution in [2.45, 2.75) is 0 Å². The highest BCUT2D eigenvalue weighted by Crippen LogP contribution is 2.48. The molecule has 18 heavy (non-hydrogen) atoms. The number of fused-ring (bicyclic) bond motifs is 1. The van der Waals surface area contributed by atoms with Crippen molar-refractivity contribution in [3.8, 4) is 28.8 Å². The average Bonchev–Trinajstić information content (AvgIpc) is 2.81. The second kappa shape index (κ2) is 4.48. The number of ether oxygens (including phenoxy) is 3. The lowest BCUT2D eigenvalue weighted by atomic mass is 10.1. The monoisotopic (exact) mass is 252 g/mol. The molecule has 0 saturated heterocycles. The van der Waals surface area contributed by atoms with Crippen LogP contribution in [0.2, 0.25) is 0 Å². The molecule has 0 unspecified atom stereocenters. The molecule has 1 N–H and O–H groups in total. The molecule has 2 aliphatic rings. The molecule has 0 radical (unpaired) electrons. The summed E-state index contributed by atoms with van der Waals surface area (Å²) in [6.07, 6.45) is 0. The van der Waals surface area contributed by atoms with E-state index in [0.29, 0.717) is 11.1 Å². The molecule has 0 aromatic heterocycles. The summed E-state index contributed by atoms with van der Waals surface area (Å²) in [7, 11) is 4.04. The van der Waals surface area contributed by atoms with Crippen LogP contribution in [0.4, 0.5) is 0 Å². The first-order valence-electron chi connectivity index (χ1n) is 5.08. The van der Waals surface area contributed by atoms with E-state index in [1.807, 2.05) is 0 Å². The standard InChI is InChI=1S/C12H12O6/c1-15-9-8-6(10(13)16-2)4-5-7(8)12(17-3)18-11(9)14/h4-5,14H,1-3H3. The number of aromatic hydroxyl groups is 1. The van der Waals surface area contributed by atoms with Gasteiger partial charge in [-0.25, -0.2) is 4.79 Å². The first-order valence-corrected chi connectivity index (χ1v) is 5.08. The van der Waals surface area contributed by atoms with Crippen LogP contribution in [0.25, 0.3) is 11.1 Å². The first kappa shape index (κ1) is 12.1. The highest BCUT2D eigenvalue weighted by molar-refractivity contribution is 6.01. The number of hydrogen-bond acceptors (Lipinski definition) is 6. The predicted molar refractivity (Wildman–Crippen MR) is 61.4 cm³/mol. The topological polar surface area (TPSA) is 78.1 Å². The van der Waals surface area contributed by atoms with Crippen molar-refractivity contribution >= 4 is 5.97 Å². The second-order valence-electron chi connectivity index (χ2n) is 3.46. The highest BCUT2D eigenvalue weighted by Gasteiger charge is 2.28. The molecule has 1 heterocycles. The Balaban J connectivity index is 2.76. The average molecular weight is 252 g/mol. The van der Waals surface area contributed by atoms with Gasteiger partial charge < -0.3 is 23.7 Å². The van der Waals surface area contributed by atoms with Crippen molar-refractivity contribution in [1.82, 2.24) is 0 Å². The Bertz CT molecular complexity index is 556. The third kappa shape index (κ3) is 1.62. The minimum absolute atomic E-state index is 0.0659. The molecule has 0 saturated carbocycles. The Morgan fingerprint density at radius 2 is 1.94 bits per heavy atom. The van der Waals surface area contributed by atoms with Crippen LogP contribution in [0.15, 0.2) is 16.5 Å². The van der Waals surface area contributed by atoms with Gasteiger partial charge in [0.15, 0.2) is 0 Å². The molecule has 6 nitrogen and oxygen atoms in total. The van der Waals surface area contributed by atoms with Gasteiger partial charge >= 0.3 is 11.9 Å². The largest absolute Gasteiger partial charge is 0.490 e. The third-order valence-corrected chi connectivity index (χ3v) is 2.58. The van der Waals surface area contributed by atoms with Crippen LogP contribution in [0.1, 0.15) is 10.4 Å². The van der Waals surface area contributed by atoms with Crippen molar-refractivity contribution in [3.05, 3.63) is 17.7 Å². The molecule has 0 bridgehead atoms. The van der Waals surface area contributed by atoms with Crippen LogP contribution < -0.4 is 9.47 Å². The van der Waals surface area contributed by atoms with Gasteiger partial charge in [-0.1, -0.05) is 0 Å². The van der Waals surface area contributed by atoms with E-state index in [0.717, 1.165) is 0 Å². The van der Waals surface area contributed by atoms with Gasteiger partial charge in [-0.2, -0.15) is 0 Å². The number of carbonyl (C=O) groups excluding carboxylic acids is 1. The summed E-state index contributed by atoms with van der Waals surface area (Å²) in [5.41, 5.74) is 1.19. The zero-order valence-electron chi connectivity index (χ0n) is 10.1. The van der Waals surface area contributed by atoms with Crippen LogP contribution in [0.3, 0.4) is 0 Å². The summed E-state index contributed by atoms with van der Waals surface area (Å²) in [4.78, 5) is 11.6.